The molecule has 3 aromatic rings. The van der Waals surface area contributed by atoms with Gasteiger partial charge >= 0.3 is 0 Å². The Hall–Kier alpha value is -2.78. The van der Waals surface area contributed by atoms with E-state index in [1.807, 2.05) is 24.3 Å². The minimum absolute atomic E-state index is 0.0536. The number of ether oxygens (including phenoxy) is 1. The predicted molar refractivity (Wildman–Crippen MR) is 96.1 cm³/mol. The molecule has 0 aliphatic heterocycles. The minimum Gasteiger partial charge on any atom is -0.497 e. The van der Waals surface area contributed by atoms with E-state index in [1.165, 1.54) is 6.33 Å². The van der Waals surface area contributed by atoms with E-state index in [0.717, 1.165) is 11.3 Å². The number of methoxy groups -OCH3 is 1. The number of H-pyrrole nitrogens is 1. The van der Waals surface area contributed by atoms with Crippen molar-refractivity contribution < 1.29 is 13.2 Å². The average Bonchev–Trinajstić information content (AvgIpc) is 2.99. The molecule has 0 unspecified atom stereocenters. The number of rotatable bonds is 6. The van der Waals surface area contributed by atoms with Crippen LogP contribution in [0.1, 0.15) is 17.1 Å². The summed E-state index contributed by atoms with van der Waals surface area (Å²) < 4.78 is 32.7. The van der Waals surface area contributed by atoms with Crippen LogP contribution in [0.3, 0.4) is 0 Å². The highest BCUT2D eigenvalue weighted by Crippen LogP contribution is 2.21. The quantitative estimate of drug-likeness (QED) is 0.684. The van der Waals surface area contributed by atoms with Crippen molar-refractivity contribution in [3.05, 3.63) is 53.7 Å². The minimum atomic E-state index is -3.68. The van der Waals surface area contributed by atoms with Gasteiger partial charge in [-0.1, -0.05) is 0 Å². The highest BCUT2D eigenvalue weighted by atomic mass is 32.2. The third-order valence-electron chi connectivity index (χ3n) is 3.88. The molecule has 0 amide bonds. The molecule has 0 spiro atoms. The maximum atomic E-state index is 12.5. The molecule has 2 aromatic heterocycles. The second-order valence-electron chi connectivity index (χ2n) is 5.71. The van der Waals surface area contributed by atoms with E-state index >= 15 is 0 Å². The smallest absolute Gasteiger partial charge is 0.244 e. The van der Waals surface area contributed by atoms with Gasteiger partial charge in [-0.05, 0) is 44.2 Å². The van der Waals surface area contributed by atoms with Crippen LogP contribution in [0.5, 0.6) is 5.75 Å². The van der Waals surface area contributed by atoms with E-state index in [0.29, 0.717) is 22.8 Å². The molecule has 0 saturated heterocycles. The molecule has 0 fully saturated rings. The van der Waals surface area contributed by atoms with Crippen LogP contribution in [-0.2, 0) is 16.6 Å². The Kier molecular flexibility index (Phi) is 5.01. The number of hydrogen-bond acceptors (Lipinski definition) is 6. The fourth-order valence-corrected chi connectivity index (χ4v) is 3.96. The first-order chi connectivity index (χ1) is 12.4. The molecule has 0 aliphatic carbocycles. The number of nitrogens with zero attached hydrogens (tertiary/aromatic N) is 3. The topological polar surface area (TPSA) is 110 Å². The number of aromatic nitrogens is 4. The number of aromatic amines is 1. The van der Waals surface area contributed by atoms with E-state index in [-0.39, 0.29) is 11.4 Å². The van der Waals surface area contributed by atoms with Crippen molar-refractivity contribution in [3.8, 4) is 17.0 Å². The molecular formula is C17H19N5O3S. The SMILES string of the molecule is COc1ccc(-c2cc(CNS(=O)(=O)c3c(C)n[nH]c3C)ncn2)cc1. The fraction of sp³-hybridized carbons (Fsp3) is 0.235. The zero-order valence-electron chi connectivity index (χ0n) is 14.6. The number of benzene rings is 1. The lowest BCUT2D eigenvalue weighted by molar-refractivity contribution is 0.415. The van der Waals surface area contributed by atoms with E-state index < -0.39 is 10.0 Å². The maximum Gasteiger partial charge on any atom is 0.244 e. The zero-order chi connectivity index (χ0) is 18.7. The van der Waals surface area contributed by atoms with Crippen molar-refractivity contribution in [2.45, 2.75) is 25.3 Å². The molecule has 0 atom stereocenters. The van der Waals surface area contributed by atoms with Crippen LogP contribution in [0.15, 0.2) is 41.6 Å². The van der Waals surface area contributed by atoms with Crippen LogP contribution in [0.2, 0.25) is 0 Å². The Morgan fingerprint density at radius 2 is 1.88 bits per heavy atom. The largest absolute Gasteiger partial charge is 0.497 e. The molecule has 26 heavy (non-hydrogen) atoms. The highest BCUT2D eigenvalue weighted by Gasteiger charge is 2.22. The molecule has 0 saturated carbocycles. The molecule has 0 aliphatic rings. The van der Waals surface area contributed by atoms with Gasteiger partial charge in [0.05, 0.1) is 36.4 Å². The van der Waals surface area contributed by atoms with Crippen LogP contribution in [0, 0.1) is 13.8 Å². The molecule has 8 nitrogen and oxygen atoms in total. The van der Waals surface area contributed by atoms with Crippen molar-refractivity contribution in [3.63, 3.8) is 0 Å². The van der Waals surface area contributed by atoms with Gasteiger partial charge in [0.15, 0.2) is 0 Å². The normalized spacial score (nSPS) is 11.5. The summed E-state index contributed by atoms with van der Waals surface area (Å²) in [4.78, 5) is 8.55. The van der Waals surface area contributed by atoms with Gasteiger partial charge in [-0.3, -0.25) is 5.10 Å². The van der Waals surface area contributed by atoms with Crippen LogP contribution >= 0.6 is 0 Å². The Morgan fingerprint density at radius 3 is 2.50 bits per heavy atom. The molecule has 9 heteroatoms. The van der Waals surface area contributed by atoms with Crippen molar-refractivity contribution in [2.24, 2.45) is 0 Å². The molecule has 0 bridgehead atoms. The Labute approximate surface area is 151 Å². The molecule has 136 valence electrons. The first-order valence-electron chi connectivity index (χ1n) is 7.87. The summed E-state index contributed by atoms with van der Waals surface area (Å²) in [6.45, 7) is 3.36. The lowest BCUT2D eigenvalue weighted by atomic mass is 10.1. The summed E-state index contributed by atoms with van der Waals surface area (Å²) in [6.07, 6.45) is 1.41. The molecule has 2 heterocycles. The number of hydrogen-bond donors (Lipinski definition) is 2. The monoisotopic (exact) mass is 373 g/mol. The maximum absolute atomic E-state index is 12.5. The van der Waals surface area contributed by atoms with E-state index in [1.54, 1.807) is 27.0 Å². The number of aryl methyl sites for hydroxylation is 2. The van der Waals surface area contributed by atoms with Gasteiger partial charge in [-0.15, -0.1) is 0 Å². The van der Waals surface area contributed by atoms with Crippen molar-refractivity contribution in [1.29, 1.82) is 0 Å². The fourth-order valence-electron chi connectivity index (χ4n) is 2.59. The molecule has 0 radical (unpaired) electrons. The standard InChI is InChI=1S/C17H19N5O3S/c1-11-17(12(2)22-21-11)26(23,24)20-9-14-8-16(19-10-18-14)13-4-6-15(25-3)7-5-13/h4-8,10,20H,9H2,1-3H3,(H,21,22). The van der Waals surface area contributed by atoms with Crippen molar-refractivity contribution in [1.82, 2.24) is 24.9 Å². The summed E-state index contributed by atoms with van der Waals surface area (Å²) in [6, 6.07) is 9.19. The molecular weight excluding hydrogens is 354 g/mol. The third kappa shape index (κ3) is 3.73. The molecule has 2 N–H and O–H groups in total. The van der Waals surface area contributed by atoms with Gasteiger partial charge in [0.25, 0.3) is 0 Å². The van der Waals surface area contributed by atoms with E-state index in [9.17, 15) is 8.42 Å². The number of sulfonamides is 1. The summed E-state index contributed by atoms with van der Waals surface area (Å²) in [7, 11) is -2.08. The van der Waals surface area contributed by atoms with Crippen molar-refractivity contribution >= 4 is 10.0 Å². The summed E-state index contributed by atoms with van der Waals surface area (Å²) in [5.74, 6) is 0.752. The Balaban J connectivity index is 1.79. The third-order valence-corrected chi connectivity index (χ3v) is 5.55. The van der Waals surface area contributed by atoms with Gasteiger partial charge in [0.2, 0.25) is 10.0 Å². The Bertz CT molecular complexity index is 994. The molecule has 3 rings (SSSR count). The van der Waals surface area contributed by atoms with E-state index in [2.05, 4.69) is 24.9 Å². The van der Waals surface area contributed by atoms with Gasteiger partial charge in [0.1, 0.15) is 17.0 Å². The summed E-state index contributed by atoms with van der Waals surface area (Å²) in [5.41, 5.74) is 3.08. The van der Waals surface area contributed by atoms with Crippen LogP contribution in [0.25, 0.3) is 11.3 Å². The van der Waals surface area contributed by atoms with Crippen LogP contribution < -0.4 is 9.46 Å². The second-order valence-corrected chi connectivity index (χ2v) is 7.41. The van der Waals surface area contributed by atoms with Crippen LogP contribution in [0.4, 0.5) is 0 Å². The lowest BCUT2D eigenvalue weighted by Gasteiger charge is -2.08. The zero-order valence-corrected chi connectivity index (χ0v) is 15.5. The number of nitrogens with one attached hydrogen (secondary N) is 2. The average molecular weight is 373 g/mol. The first kappa shape index (κ1) is 18.0. The van der Waals surface area contributed by atoms with Gasteiger partial charge < -0.3 is 4.74 Å². The van der Waals surface area contributed by atoms with E-state index in [4.69, 9.17) is 4.74 Å². The summed E-state index contributed by atoms with van der Waals surface area (Å²) in [5, 5.41) is 6.60. The second kappa shape index (κ2) is 7.22. The molecule has 1 aromatic carbocycles. The van der Waals surface area contributed by atoms with Gasteiger partial charge in [-0.2, -0.15) is 5.10 Å². The lowest BCUT2D eigenvalue weighted by Crippen LogP contribution is -2.24. The van der Waals surface area contributed by atoms with Gasteiger partial charge in [0, 0.05) is 5.56 Å². The predicted octanol–water partition coefficient (Wildman–Crippen LogP) is 1.97. The van der Waals surface area contributed by atoms with Crippen molar-refractivity contribution in [2.75, 3.05) is 7.11 Å². The first-order valence-corrected chi connectivity index (χ1v) is 9.35. The Morgan fingerprint density at radius 1 is 1.15 bits per heavy atom. The highest BCUT2D eigenvalue weighted by molar-refractivity contribution is 7.89. The van der Waals surface area contributed by atoms with Crippen LogP contribution in [-0.4, -0.2) is 35.7 Å². The summed E-state index contributed by atoms with van der Waals surface area (Å²) >= 11 is 0. The van der Waals surface area contributed by atoms with Gasteiger partial charge in [-0.25, -0.2) is 23.1 Å².